The molecule has 36 heavy (non-hydrogen) atoms. The van der Waals surface area contributed by atoms with Crippen molar-refractivity contribution in [1.82, 2.24) is 15.2 Å². The number of carbonyl (C=O) groups excluding carboxylic acids is 1. The number of aromatic nitrogens is 1. The van der Waals surface area contributed by atoms with E-state index in [0.29, 0.717) is 49.2 Å². The van der Waals surface area contributed by atoms with Gasteiger partial charge < -0.3 is 24.4 Å². The van der Waals surface area contributed by atoms with E-state index in [2.05, 4.69) is 40.2 Å². The van der Waals surface area contributed by atoms with Gasteiger partial charge in [-0.25, -0.2) is 4.98 Å². The second-order valence-corrected chi connectivity index (χ2v) is 9.61. The molecule has 4 rings (SSSR count). The number of hydrogen-bond acceptors (Lipinski definition) is 8. The summed E-state index contributed by atoms with van der Waals surface area (Å²) in [5.74, 6) is 1.44. The van der Waals surface area contributed by atoms with E-state index in [0.717, 1.165) is 43.4 Å². The zero-order chi connectivity index (χ0) is 25.5. The highest BCUT2D eigenvalue weighted by atomic mass is 32.1. The maximum Gasteiger partial charge on any atom is 0.251 e. The molecule has 194 valence electrons. The quantitative estimate of drug-likeness (QED) is 0.409. The molecule has 0 atom stereocenters. The largest absolute Gasteiger partial charge is 0.490 e. The number of amides is 1. The third kappa shape index (κ3) is 6.02. The number of nitrogens with one attached hydrogen (secondary N) is 1. The lowest BCUT2D eigenvalue weighted by Crippen LogP contribution is -2.48. The van der Waals surface area contributed by atoms with Crippen LogP contribution in [0, 0.1) is 6.92 Å². The van der Waals surface area contributed by atoms with E-state index < -0.39 is 0 Å². The van der Waals surface area contributed by atoms with Crippen LogP contribution in [0.2, 0.25) is 0 Å². The van der Waals surface area contributed by atoms with Crippen molar-refractivity contribution in [2.75, 3.05) is 64.0 Å². The number of hydrogen-bond donors (Lipinski definition) is 1. The summed E-state index contributed by atoms with van der Waals surface area (Å²) in [5.41, 5.74) is 2.83. The summed E-state index contributed by atoms with van der Waals surface area (Å²) in [7, 11) is 0. The minimum atomic E-state index is -0.150. The predicted octanol–water partition coefficient (Wildman–Crippen LogP) is 4.35. The molecule has 3 aromatic rings. The second-order valence-electron chi connectivity index (χ2n) is 8.60. The van der Waals surface area contributed by atoms with Gasteiger partial charge in [0, 0.05) is 44.8 Å². The number of nitrogens with zero attached hydrogens (tertiary/aromatic N) is 3. The van der Waals surface area contributed by atoms with Gasteiger partial charge >= 0.3 is 0 Å². The minimum absolute atomic E-state index is 0.150. The molecule has 1 N–H and O–H groups in total. The van der Waals surface area contributed by atoms with Crippen LogP contribution >= 0.6 is 11.3 Å². The first-order chi connectivity index (χ1) is 17.5. The van der Waals surface area contributed by atoms with Crippen LogP contribution in [0.25, 0.3) is 10.2 Å². The summed E-state index contributed by atoms with van der Waals surface area (Å²) < 4.78 is 18.5. The molecular formula is C27H36N4O4S. The van der Waals surface area contributed by atoms with E-state index in [9.17, 15) is 4.79 Å². The Hall–Kier alpha value is -3.04. The third-order valence-corrected chi connectivity index (χ3v) is 7.22. The molecule has 1 amide bonds. The van der Waals surface area contributed by atoms with Crippen LogP contribution in [-0.4, -0.2) is 74.9 Å². The molecule has 0 saturated carbocycles. The van der Waals surface area contributed by atoms with Gasteiger partial charge in [-0.15, -0.1) is 0 Å². The summed E-state index contributed by atoms with van der Waals surface area (Å²) in [6.45, 7) is 14.4. The second kappa shape index (κ2) is 12.3. The smallest absolute Gasteiger partial charge is 0.251 e. The Balaban J connectivity index is 1.31. The van der Waals surface area contributed by atoms with Crippen molar-refractivity contribution in [3.8, 4) is 17.2 Å². The number of benzene rings is 2. The van der Waals surface area contributed by atoms with Crippen molar-refractivity contribution >= 4 is 32.6 Å². The maximum atomic E-state index is 12.9. The Kier molecular flexibility index (Phi) is 8.88. The highest BCUT2D eigenvalue weighted by Gasteiger charge is 2.21. The van der Waals surface area contributed by atoms with Crippen LogP contribution < -0.4 is 24.4 Å². The van der Waals surface area contributed by atoms with Crippen LogP contribution in [0.5, 0.6) is 17.2 Å². The van der Waals surface area contributed by atoms with Crippen LogP contribution in [-0.2, 0) is 0 Å². The molecule has 1 fully saturated rings. The van der Waals surface area contributed by atoms with E-state index >= 15 is 0 Å². The van der Waals surface area contributed by atoms with Crippen molar-refractivity contribution in [2.24, 2.45) is 0 Å². The highest BCUT2D eigenvalue weighted by molar-refractivity contribution is 7.22. The molecule has 9 heteroatoms. The Labute approximate surface area is 217 Å². The Morgan fingerprint density at radius 2 is 1.67 bits per heavy atom. The fourth-order valence-corrected chi connectivity index (χ4v) is 5.42. The van der Waals surface area contributed by atoms with Crippen molar-refractivity contribution in [1.29, 1.82) is 0 Å². The van der Waals surface area contributed by atoms with E-state index in [1.165, 1.54) is 10.3 Å². The fraction of sp³-hybridized carbons (Fsp3) is 0.481. The first kappa shape index (κ1) is 26.0. The summed E-state index contributed by atoms with van der Waals surface area (Å²) >= 11 is 1.76. The number of rotatable bonds is 11. The van der Waals surface area contributed by atoms with Gasteiger partial charge in [-0.05, 0) is 51.5 Å². The van der Waals surface area contributed by atoms with Crippen molar-refractivity contribution < 1.29 is 19.0 Å². The van der Waals surface area contributed by atoms with Gasteiger partial charge in [0.05, 0.1) is 30.0 Å². The molecule has 0 bridgehead atoms. The highest BCUT2D eigenvalue weighted by Crippen LogP contribution is 2.39. The molecule has 1 aliphatic heterocycles. The Morgan fingerprint density at radius 3 is 2.28 bits per heavy atom. The predicted molar refractivity (Wildman–Crippen MR) is 145 cm³/mol. The lowest BCUT2D eigenvalue weighted by molar-refractivity contribution is 0.0946. The van der Waals surface area contributed by atoms with Gasteiger partial charge in [-0.2, -0.15) is 0 Å². The third-order valence-electron chi connectivity index (χ3n) is 6.14. The summed E-state index contributed by atoms with van der Waals surface area (Å²) in [6.07, 6.45) is 0. The summed E-state index contributed by atoms with van der Waals surface area (Å²) in [4.78, 5) is 22.5. The van der Waals surface area contributed by atoms with Gasteiger partial charge in [0.2, 0.25) is 5.75 Å². The van der Waals surface area contributed by atoms with E-state index in [-0.39, 0.29) is 5.91 Å². The van der Waals surface area contributed by atoms with Crippen LogP contribution in [0.1, 0.15) is 36.7 Å². The van der Waals surface area contributed by atoms with E-state index in [1.54, 1.807) is 23.5 Å². The van der Waals surface area contributed by atoms with Crippen molar-refractivity contribution in [2.45, 2.75) is 27.7 Å². The lowest BCUT2D eigenvalue weighted by atomic mass is 10.1. The Morgan fingerprint density at radius 1 is 1.00 bits per heavy atom. The number of anilines is 1. The molecule has 0 aliphatic carbocycles. The molecule has 8 nitrogen and oxygen atoms in total. The average molecular weight is 513 g/mol. The first-order valence-electron chi connectivity index (χ1n) is 12.7. The van der Waals surface area contributed by atoms with E-state index in [1.807, 2.05) is 20.8 Å². The van der Waals surface area contributed by atoms with Crippen molar-refractivity contribution in [3.05, 3.63) is 41.5 Å². The van der Waals surface area contributed by atoms with Gasteiger partial charge in [-0.1, -0.05) is 23.5 Å². The molecule has 1 aromatic heterocycles. The van der Waals surface area contributed by atoms with Gasteiger partial charge in [0.25, 0.3) is 5.91 Å². The lowest BCUT2D eigenvalue weighted by Gasteiger charge is -2.34. The number of para-hydroxylation sites is 1. The monoisotopic (exact) mass is 512 g/mol. The zero-order valence-corrected chi connectivity index (χ0v) is 22.5. The van der Waals surface area contributed by atoms with Gasteiger partial charge in [0.1, 0.15) is 0 Å². The molecule has 0 radical (unpaired) electrons. The normalized spacial score (nSPS) is 14.2. The van der Waals surface area contributed by atoms with Crippen molar-refractivity contribution in [3.63, 3.8) is 0 Å². The number of fused-ring (bicyclic) bond motifs is 1. The zero-order valence-electron chi connectivity index (χ0n) is 21.6. The fourth-order valence-electron chi connectivity index (χ4n) is 4.32. The molecule has 2 heterocycles. The summed E-state index contributed by atoms with van der Waals surface area (Å²) in [6, 6.07) is 9.80. The topological polar surface area (TPSA) is 76.2 Å². The number of aryl methyl sites for hydroxylation is 1. The van der Waals surface area contributed by atoms with Crippen LogP contribution in [0.15, 0.2) is 30.3 Å². The molecule has 2 aromatic carbocycles. The van der Waals surface area contributed by atoms with Crippen LogP contribution in [0.3, 0.4) is 0 Å². The molecule has 0 unspecified atom stereocenters. The SMILES string of the molecule is CCOc1cc(C(=O)NCCN2CCN(c3nc4c(C)cccc4s3)CC2)cc(OCC)c1OCC. The molecule has 1 saturated heterocycles. The summed E-state index contributed by atoms with van der Waals surface area (Å²) in [5, 5.41) is 4.14. The number of thiazole rings is 1. The molecule has 0 spiro atoms. The van der Waals surface area contributed by atoms with Gasteiger partial charge in [-0.3, -0.25) is 9.69 Å². The number of piperazine rings is 1. The molecule has 1 aliphatic rings. The standard InChI is InChI=1S/C27H36N4O4S/c1-5-33-21-17-20(18-22(34-6-2)25(21)35-7-3)26(32)28-11-12-30-13-15-31(16-14-30)27-29-24-19(4)9-8-10-23(24)36-27/h8-10,17-18H,5-7,11-16H2,1-4H3,(H,28,32). The van der Waals surface area contributed by atoms with E-state index in [4.69, 9.17) is 19.2 Å². The average Bonchev–Trinajstić information content (AvgIpc) is 3.32. The number of carbonyl (C=O) groups is 1. The van der Waals surface area contributed by atoms with Crippen LogP contribution in [0.4, 0.5) is 5.13 Å². The van der Waals surface area contributed by atoms with Gasteiger partial charge in [0.15, 0.2) is 16.6 Å². The number of ether oxygens (including phenoxy) is 3. The molecular weight excluding hydrogens is 476 g/mol. The maximum absolute atomic E-state index is 12.9. The first-order valence-corrected chi connectivity index (χ1v) is 13.5. The minimum Gasteiger partial charge on any atom is -0.490 e. The Bertz CT molecular complexity index is 1150.